The van der Waals surface area contributed by atoms with E-state index in [1.54, 1.807) is 7.11 Å². The van der Waals surface area contributed by atoms with E-state index in [0.29, 0.717) is 19.6 Å². The Labute approximate surface area is 116 Å². The van der Waals surface area contributed by atoms with E-state index in [1.807, 2.05) is 18.2 Å². The first-order valence-corrected chi connectivity index (χ1v) is 8.08. The van der Waals surface area contributed by atoms with Crippen molar-refractivity contribution in [3.05, 3.63) is 28.2 Å². The quantitative estimate of drug-likeness (QED) is 0.731. The van der Waals surface area contributed by atoms with Crippen LogP contribution in [0.5, 0.6) is 5.75 Å². The number of ether oxygens (including phenoxy) is 1. The van der Waals surface area contributed by atoms with Gasteiger partial charge in [0.15, 0.2) is 0 Å². The van der Waals surface area contributed by atoms with Crippen LogP contribution < -0.4 is 14.8 Å². The normalized spacial score (nSPS) is 11.5. The lowest BCUT2D eigenvalue weighted by molar-refractivity contribution is 0.407. The monoisotopic (exact) mass is 336 g/mol. The molecule has 7 heteroatoms. The van der Waals surface area contributed by atoms with Gasteiger partial charge in [-0.2, -0.15) is 0 Å². The molecule has 0 aliphatic heterocycles. The van der Waals surface area contributed by atoms with Gasteiger partial charge in [0.2, 0.25) is 10.0 Å². The summed E-state index contributed by atoms with van der Waals surface area (Å²) in [5.41, 5.74) is 1.02. The van der Waals surface area contributed by atoms with E-state index < -0.39 is 10.0 Å². The average Bonchev–Trinajstić information content (AvgIpc) is 2.27. The Kier molecular flexibility index (Phi) is 6.07. The molecule has 0 radical (unpaired) electrons. The lowest BCUT2D eigenvalue weighted by atomic mass is 10.2. The Hall–Kier alpha value is -0.630. The molecule has 1 aromatic carbocycles. The van der Waals surface area contributed by atoms with Crippen LogP contribution >= 0.6 is 15.9 Å². The summed E-state index contributed by atoms with van der Waals surface area (Å²) in [6, 6.07) is 5.76. The molecule has 0 bridgehead atoms. The Bertz CT molecular complexity index is 491. The summed E-state index contributed by atoms with van der Waals surface area (Å²) in [4.78, 5) is 0. The number of hydrogen-bond acceptors (Lipinski definition) is 4. The van der Waals surface area contributed by atoms with E-state index in [2.05, 4.69) is 26.0 Å². The minimum atomic E-state index is -3.11. The van der Waals surface area contributed by atoms with Crippen LogP contribution in [-0.2, 0) is 16.6 Å². The van der Waals surface area contributed by atoms with E-state index in [1.165, 1.54) is 0 Å². The van der Waals surface area contributed by atoms with E-state index in [4.69, 9.17) is 4.74 Å². The summed E-state index contributed by atoms with van der Waals surface area (Å²) in [7, 11) is -1.49. The van der Waals surface area contributed by atoms with E-state index in [0.717, 1.165) is 22.0 Å². The van der Waals surface area contributed by atoms with Crippen LogP contribution in [0.2, 0.25) is 0 Å². The molecule has 0 saturated heterocycles. The van der Waals surface area contributed by atoms with Crippen molar-refractivity contribution in [2.45, 2.75) is 6.54 Å². The molecule has 0 heterocycles. The Morgan fingerprint density at radius 3 is 2.67 bits per heavy atom. The number of methoxy groups -OCH3 is 1. The average molecular weight is 337 g/mol. The number of benzene rings is 1. The third-order valence-electron chi connectivity index (χ3n) is 2.22. The van der Waals surface area contributed by atoms with Gasteiger partial charge in [-0.15, -0.1) is 0 Å². The molecule has 18 heavy (non-hydrogen) atoms. The molecule has 0 fully saturated rings. The molecule has 0 atom stereocenters. The molecular formula is C11H17BrN2O3S. The minimum absolute atomic E-state index is 0.370. The maximum atomic E-state index is 10.8. The van der Waals surface area contributed by atoms with Crippen LogP contribution in [0.15, 0.2) is 22.7 Å². The molecule has 102 valence electrons. The maximum Gasteiger partial charge on any atom is 0.208 e. The van der Waals surface area contributed by atoms with Gasteiger partial charge < -0.3 is 10.1 Å². The molecule has 0 spiro atoms. The summed E-state index contributed by atoms with van der Waals surface area (Å²) in [6.07, 6.45) is 1.14. The van der Waals surface area contributed by atoms with Crippen molar-refractivity contribution in [3.63, 3.8) is 0 Å². The minimum Gasteiger partial charge on any atom is -0.496 e. The van der Waals surface area contributed by atoms with Gasteiger partial charge in [-0.3, -0.25) is 0 Å². The van der Waals surface area contributed by atoms with Gasteiger partial charge in [-0.1, -0.05) is 15.9 Å². The smallest absolute Gasteiger partial charge is 0.208 e. The van der Waals surface area contributed by atoms with Crippen LogP contribution in [0.1, 0.15) is 5.56 Å². The molecule has 5 nitrogen and oxygen atoms in total. The lowest BCUT2D eigenvalue weighted by Gasteiger charge is -2.10. The molecule has 0 unspecified atom stereocenters. The lowest BCUT2D eigenvalue weighted by Crippen LogP contribution is -2.30. The maximum absolute atomic E-state index is 10.8. The van der Waals surface area contributed by atoms with Crippen LogP contribution in [0.3, 0.4) is 0 Å². The standard InChI is InChI=1S/C11H17BrN2O3S/c1-17-11-4-3-10(12)7-9(11)8-13-5-6-14-18(2,15)16/h3-4,7,13-14H,5-6,8H2,1-2H3. The van der Waals surface area contributed by atoms with Crippen molar-refractivity contribution in [2.24, 2.45) is 0 Å². The number of hydrogen-bond donors (Lipinski definition) is 2. The zero-order valence-electron chi connectivity index (χ0n) is 10.4. The highest BCUT2D eigenvalue weighted by molar-refractivity contribution is 9.10. The first-order valence-electron chi connectivity index (χ1n) is 5.40. The van der Waals surface area contributed by atoms with Crippen LogP contribution in [0, 0.1) is 0 Å². The molecule has 0 aliphatic carbocycles. The zero-order valence-corrected chi connectivity index (χ0v) is 12.8. The van der Waals surface area contributed by atoms with E-state index >= 15 is 0 Å². The predicted octanol–water partition coefficient (Wildman–Crippen LogP) is 1.10. The predicted molar refractivity (Wildman–Crippen MR) is 75.2 cm³/mol. The fourth-order valence-corrected chi connectivity index (χ4v) is 2.31. The molecule has 0 aromatic heterocycles. The van der Waals surface area contributed by atoms with Gasteiger partial charge >= 0.3 is 0 Å². The third-order valence-corrected chi connectivity index (χ3v) is 3.45. The van der Waals surface area contributed by atoms with Crippen molar-refractivity contribution in [1.82, 2.24) is 10.0 Å². The first-order chi connectivity index (χ1) is 8.42. The molecule has 0 saturated carbocycles. The van der Waals surface area contributed by atoms with Crippen molar-refractivity contribution < 1.29 is 13.2 Å². The molecule has 1 rings (SSSR count). The van der Waals surface area contributed by atoms with Crippen LogP contribution in [-0.4, -0.2) is 34.9 Å². The molecular weight excluding hydrogens is 320 g/mol. The summed E-state index contributed by atoms with van der Waals surface area (Å²) in [5, 5.41) is 3.15. The van der Waals surface area contributed by atoms with Crippen molar-refractivity contribution in [2.75, 3.05) is 26.5 Å². The topological polar surface area (TPSA) is 67.4 Å². The summed E-state index contributed by atoms with van der Waals surface area (Å²) in [6.45, 7) is 1.55. The van der Waals surface area contributed by atoms with Gasteiger partial charge in [0.1, 0.15) is 5.75 Å². The number of nitrogens with one attached hydrogen (secondary N) is 2. The van der Waals surface area contributed by atoms with Crippen LogP contribution in [0.25, 0.3) is 0 Å². The van der Waals surface area contributed by atoms with Gasteiger partial charge in [0.25, 0.3) is 0 Å². The first kappa shape index (κ1) is 15.4. The second kappa shape index (κ2) is 7.08. The number of rotatable bonds is 7. The van der Waals surface area contributed by atoms with Crippen molar-refractivity contribution >= 4 is 26.0 Å². The second-order valence-corrected chi connectivity index (χ2v) is 6.55. The Morgan fingerprint density at radius 1 is 1.33 bits per heavy atom. The number of halogens is 1. The Morgan fingerprint density at radius 2 is 2.06 bits per heavy atom. The summed E-state index contributed by atoms with van der Waals surface area (Å²) in [5.74, 6) is 0.807. The third kappa shape index (κ3) is 5.81. The highest BCUT2D eigenvalue weighted by Crippen LogP contribution is 2.22. The second-order valence-electron chi connectivity index (χ2n) is 3.80. The molecule has 1 aromatic rings. The van der Waals surface area contributed by atoms with Gasteiger partial charge in [0, 0.05) is 29.7 Å². The summed E-state index contributed by atoms with van der Waals surface area (Å²) < 4.78 is 30.3. The SMILES string of the molecule is COc1ccc(Br)cc1CNCCNS(C)(=O)=O. The highest BCUT2D eigenvalue weighted by Gasteiger charge is 2.03. The fraction of sp³-hybridized carbons (Fsp3) is 0.455. The zero-order chi connectivity index (χ0) is 13.6. The van der Waals surface area contributed by atoms with Crippen LogP contribution in [0.4, 0.5) is 0 Å². The van der Waals surface area contributed by atoms with Gasteiger partial charge in [0.05, 0.1) is 13.4 Å². The van der Waals surface area contributed by atoms with E-state index in [-0.39, 0.29) is 0 Å². The van der Waals surface area contributed by atoms with E-state index in [9.17, 15) is 8.42 Å². The largest absolute Gasteiger partial charge is 0.496 e. The van der Waals surface area contributed by atoms with Crippen molar-refractivity contribution in [3.8, 4) is 5.75 Å². The number of sulfonamides is 1. The molecule has 0 aliphatic rings. The summed E-state index contributed by atoms with van der Waals surface area (Å²) >= 11 is 3.40. The van der Waals surface area contributed by atoms with Gasteiger partial charge in [-0.05, 0) is 18.2 Å². The molecule has 0 amide bonds. The Balaban J connectivity index is 2.41. The van der Waals surface area contributed by atoms with Crippen molar-refractivity contribution in [1.29, 1.82) is 0 Å². The fourth-order valence-electron chi connectivity index (χ4n) is 1.43. The van der Waals surface area contributed by atoms with Gasteiger partial charge in [-0.25, -0.2) is 13.1 Å². The molecule has 2 N–H and O–H groups in total. The highest BCUT2D eigenvalue weighted by atomic mass is 79.9.